The molecule has 0 aliphatic heterocycles. The number of halogens is 2. The molecule has 4 heteroatoms. The van der Waals surface area contributed by atoms with Crippen LogP contribution < -0.4 is 5.32 Å². The molecule has 0 aliphatic rings. The highest BCUT2D eigenvalue weighted by Crippen LogP contribution is 2.29. The number of hydrogen-bond donors (Lipinski definition) is 1. The Morgan fingerprint density at radius 2 is 1.83 bits per heavy atom. The molecule has 2 aromatic rings. The van der Waals surface area contributed by atoms with Crippen molar-refractivity contribution in [3.05, 3.63) is 55.1 Å². The van der Waals surface area contributed by atoms with Crippen LogP contribution >= 0.6 is 43.2 Å². The van der Waals surface area contributed by atoms with E-state index in [1.807, 2.05) is 0 Å². The molecule has 1 unspecified atom stereocenters. The molecule has 0 radical (unpaired) electrons. The van der Waals surface area contributed by atoms with Crippen LogP contribution in [-0.4, -0.2) is 0 Å². The van der Waals surface area contributed by atoms with Gasteiger partial charge in [-0.15, -0.1) is 11.3 Å². The van der Waals surface area contributed by atoms with E-state index < -0.39 is 0 Å². The molecule has 0 fully saturated rings. The second-order valence-corrected chi connectivity index (χ2v) is 7.72. The lowest BCUT2D eigenvalue weighted by Gasteiger charge is -2.19. The van der Waals surface area contributed by atoms with Gasteiger partial charge in [0.25, 0.3) is 0 Å². The zero-order valence-corrected chi connectivity index (χ0v) is 14.3. The minimum atomic E-state index is 0.332. The molecular formula is C14H15Br2NS. The maximum absolute atomic E-state index is 3.62. The second-order valence-electron chi connectivity index (χ2n) is 4.31. The fourth-order valence-electron chi connectivity index (χ4n) is 1.89. The van der Waals surface area contributed by atoms with Gasteiger partial charge in [0.1, 0.15) is 0 Å². The predicted octanol–water partition coefficient (Wildman–Crippen LogP) is 5.68. The number of hydrogen-bond acceptors (Lipinski definition) is 2. The van der Waals surface area contributed by atoms with Crippen molar-refractivity contribution in [1.29, 1.82) is 0 Å². The summed E-state index contributed by atoms with van der Waals surface area (Å²) in [6.07, 6.45) is 0. The summed E-state index contributed by atoms with van der Waals surface area (Å²) in [4.78, 5) is 1.35. The van der Waals surface area contributed by atoms with Gasteiger partial charge >= 0.3 is 0 Å². The van der Waals surface area contributed by atoms with Gasteiger partial charge in [0.15, 0.2) is 0 Å². The van der Waals surface area contributed by atoms with E-state index in [0.717, 1.165) is 4.47 Å². The van der Waals surface area contributed by atoms with Gasteiger partial charge < -0.3 is 5.32 Å². The van der Waals surface area contributed by atoms with Crippen LogP contribution in [0.25, 0.3) is 0 Å². The Balaban J connectivity index is 2.05. The average molecular weight is 389 g/mol. The Kier molecular flexibility index (Phi) is 5.01. The zero-order chi connectivity index (χ0) is 13.1. The van der Waals surface area contributed by atoms with E-state index in [1.54, 1.807) is 11.3 Å². The van der Waals surface area contributed by atoms with Crippen LogP contribution in [0.1, 0.15) is 36.4 Å². The van der Waals surface area contributed by atoms with E-state index in [9.17, 15) is 0 Å². The zero-order valence-electron chi connectivity index (χ0n) is 10.3. The maximum Gasteiger partial charge on any atom is 0.0701 e. The third-order valence-electron chi connectivity index (χ3n) is 2.87. The molecule has 0 saturated heterocycles. The molecule has 0 amide bonds. The topological polar surface area (TPSA) is 12.0 Å². The summed E-state index contributed by atoms with van der Waals surface area (Å²) >= 11 is 8.80. The van der Waals surface area contributed by atoms with Gasteiger partial charge in [0.2, 0.25) is 0 Å². The fraction of sp³-hybridized carbons (Fsp3) is 0.286. The lowest BCUT2D eigenvalue weighted by Crippen LogP contribution is -2.21. The highest BCUT2D eigenvalue weighted by atomic mass is 79.9. The Bertz CT molecular complexity index is 524. The van der Waals surface area contributed by atoms with Gasteiger partial charge in [0.05, 0.1) is 3.79 Å². The van der Waals surface area contributed by atoms with Crippen molar-refractivity contribution < 1.29 is 0 Å². The van der Waals surface area contributed by atoms with E-state index in [0.29, 0.717) is 12.1 Å². The summed E-state index contributed by atoms with van der Waals surface area (Å²) in [5.41, 5.74) is 1.30. The van der Waals surface area contributed by atoms with Crippen LogP contribution in [0.5, 0.6) is 0 Å². The third kappa shape index (κ3) is 3.67. The van der Waals surface area contributed by atoms with Crippen LogP contribution in [0.2, 0.25) is 0 Å². The minimum absolute atomic E-state index is 0.332. The minimum Gasteiger partial charge on any atom is -0.303 e. The Hall–Kier alpha value is -0.160. The largest absolute Gasteiger partial charge is 0.303 e. The molecule has 2 rings (SSSR count). The molecule has 0 aliphatic carbocycles. The third-order valence-corrected chi connectivity index (χ3v) is 5.17. The predicted molar refractivity (Wildman–Crippen MR) is 86.1 cm³/mol. The summed E-state index contributed by atoms with van der Waals surface area (Å²) < 4.78 is 2.31. The van der Waals surface area contributed by atoms with E-state index in [2.05, 4.69) is 87.4 Å². The lowest BCUT2D eigenvalue weighted by molar-refractivity contribution is 0.500. The lowest BCUT2D eigenvalue weighted by atomic mass is 10.1. The summed E-state index contributed by atoms with van der Waals surface area (Å²) in [7, 11) is 0. The number of rotatable bonds is 4. The SMILES string of the molecule is CC(N[C@@H](C)c1cccc(Br)c1)c1ccc(Br)s1. The van der Waals surface area contributed by atoms with Crippen LogP contribution in [0.3, 0.4) is 0 Å². The Morgan fingerprint density at radius 1 is 1.06 bits per heavy atom. The summed E-state index contributed by atoms with van der Waals surface area (Å²) in [5.74, 6) is 0. The molecule has 1 N–H and O–H groups in total. The maximum atomic E-state index is 3.62. The molecular weight excluding hydrogens is 374 g/mol. The van der Waals surface area contributed by atoms with Crippen molar-refractivity contribution in [2.75, 3.05) is 0 Å². The highest BCUT2D eigenvalue weighted by molar-refractivity contribution is 9.11. The summed E-state index contributed by atoms with van der Waals surface area (Å²) in [5, 5.41) is 3.62. The molecule has 0 spiro atoms. The van der Waals surface area contributed by atoms with Gasteiger partial charge in [-0.2, -0.15) is 0 Å². The first kappa shape index (κ1) is 14.3. The van der Waals surface area contributed by atoms with E-state index >= 15 is 0 Å². The molecule has 96 valence electrons. The van der Waals surface area contributed by atoms with E-state index in [1.165, 1.54) is 14.2 Å². The van der Waals surface area contributed by atoms with Gasteiger partial charge in [-0.25, -0.2) is 0 Å². The van der Waals surface area contributed by atoms with Gasteiger partial charge in [-0.05, 0) is 59.6 Å². The standard InChI is InChI=1S/C14H15Br2NS/c1-9(11-4-3-5-12(15)8-11)17-10(2)13-6-7-14(16)18-13/h3-10,17H,1-2H3/t9-,10?/m0/s1. The van der Waals surface area contributed by atoms with Crippen LogP contribution in [0.15, 0.2) is 44.7 Å². The first-order valence-electron chi connectivity index (χ1n) is 5.83. The Morgan fingerprint density at radius 3 is 2.44 bits per heavy atom. The van der Waals surface area contributed by atoms with Gasteiger partial charge in [0, 0.05) is 21.4 Å². The quantitative estimate of drug-likeness (QED) is 0.709. The molecule has 0 bridgehead atoms. The van der Waals surface area contributed by atoms with E-state index in [-0.39, 0.29) is 0 Å². The van der Waals surface area contributed by atoms with Crippen LogP contribution in [0.4, 0.5) is 0 Å². The molecule has 0 saturated carbocycles. The molecule has 18 heavy (non-hydrogen) atoms. The molecule has 1 nitrogen and oxygen atoms in total. The summed E-state index contributed by atoms with van der Waals surface area (Å²) in [6.45, 7) is 4.40. The smallest absolute Gasteiger partial charge is 0.0701 e. The van der Waals surface area contributed by atoms with E-state index in [4.69, 9.17) is 0 Å². The van der Waals surface area contributed by atoms with Crippen LogP contribution in [-0.2, 0) is 0 Å². The average Bonchev–Trinajstić information content (AvgIpc) is 2.76. The fourth-order valence-corrected chi connectivity index (χ4v) is 3.74. The van der Waals surface area contributed by atoms with Crippen molar-refractivity contribution in [3.63, 3.8) is 0 Å². The first-order chi connectivity index (χ1) is 8.56. The van der Waals surface area contributed by atoms with Crippen molar-refractivity contribution in [3.8, 4) is 0 Å². The van der Waals surface area contributed by atoms with Crippen molar-refractivity contribution in [2.45, 2.75) is 25.9 Å². The first-order valence-corrected chi connectivity index (χ1v) is 8.23. The molecule has 1 aromatic carbocycles. The van der Waals surface area contributed by atoms with Crippen LogP contribution in [0, 0.1) is 0 Å². The van der Waals surface area contributed by atoms with Crippen molar-refractivity contribution >= 4 is 43.2 Å². The number of nitrogens with one attached hydrogen (secondary N) is 1. The monoisotopic (exact) mass is 387 g/mol. The molecule has 1 heterocycles. The van der Waals surface area contributed by atoms with Gasteiger partial charge in [-0.1, -0.05) is 28.1 Å². The van der Waals surface area contributed by atoms with Crippen molar-refractivity contribution in [2.24, 2.45) is 0 Å². The van der Waals surface area contributed by atoms with Gasteiger partial charge in [-0.3, -0.25) is 0 Å². The second kappa shape index (κ2) is 6.33. The normalized spacial score (nSPS) is 14.4. The highest BCUT2D eigenvalue weighted by Gasteiger charge is 2.12. The molecule has 1 aromatic heterocycles. The van der Waals surface area contributed by atoms with Crippen molar-refractivity contribution in [1.82, 2.24) is 5.32 Å². The number of benzene rings is 1. The number of thiophene rings is 1. The summed E-state index contributed by atoms with van der Waals surface area (Å²) in [6, 6.07) is 13.4. The molecule has 2 atom stereocenters. The Labute approximate surface area is 129 Å².